The topological polar surface area (TPSA) is 49.9 Å². The van der Waals surface area contributed by atoms with Crippen LogP contribution in [0.5, 0.6) is 5.75 Å². The van der Waals surface area contributed by atoms with Crippen molar-refractivity contribution in [2.75, 3.05) is 30.6 Å². The SMILES string of the molecule is COc1ccc(N2C(=S)N(C)[C@H]3CS(=O)(=O)C[C@H]32)cc1. The van der Waals surface area contributed by atoms with Crippen LogP contribution in [0, 0.1) is 0 Å². The minimum absolute atomic E-state index is 0.0467. The van der Waals surface area contributed by atoms with Crippen LogP contribution >= 0.6 is 12.2 Å². The summed E-state index contributed by atoms with van der Waals surface area (Å²) in [5.41, 5.74) is 0.909. The standard InChI is InChI=1S/C13H16N2O3S2/c1-14-11-7-20(16,17)8-12(11)15(13(14)19)9-3-5-10(18-2)6-4-9/h3-6,11-12H,7-8H2,1-2H3/t11-,12+/m0/s1. The number of sulfone groups is 1. The summed E-state index contributed by atoms with van der Waals surface area (Å²) in [6, 6.07) is 7.39. The van der Waals surface area contributed by atoms with E-state index in [0.29, 0.717) is 5.11 Å². The van der Waals surface area contributed by atoms with Crippen molar-refractivity contribution in [1.82, 2.24) is 4.90 Å². The molecule has 20 heavy (non-hydrogen) atoms. The molecule has 3 rings (SSSR count). The van der Waals surface area contributed by atoms with Crippen LogP contribution in [0.3, 0.4) is 0 Å². The second kappa shape index (κ2) is 4.60. The number of ether oxygens (including phenoxy) is 1. The Kier molecular flexibility index (Phi) is 3.13. The van der Waals surface area contributed by atoms with Crippen molar-refractivity contribution in [1.29, 1.82) is 0 Å². The molecule has 0 amide bonds. The number of benzene rings is 1. The predicted octanol–water partition coefficient (Wildman–Crippen LogP) is 0.897. The van der Waals surface area contributed by atoms with Crippen molar-refractivity contribution in [2.24, 2.45) is 0 Å². The minimum atomic E-state index is -2.98. The van der Waals surface area contributed by atoms with Crippen LogP contribution in [0.25, 0.3) is 0 Å². The zero-order valence-electron chi connectivity index (χ0n) is 11.3. The molecule has 2 heterocycles. The second-order valence-corrected chi connectivity index (χ2v) is 7.69. The number of rotatable bonds is 2. The fourth-order valence-electron chi connectivity index (χ4n) is 2.93. The van der Waals surface area contributed by atoms with Gasteiger partial charge < -0.3 is 14.5 Å². The lowest BCUT2D eigenvalue weighted by Crippen LogP contribution is -2.36. The van der Waals surface area contributed by atoms with Crippen LogP contribution in [0.4, 0.5) is 5.69 Å². The Hall–Kier alpha value is -1.34. The summed E-state index contributed by atoms with van der Waals surface area (Å²) in [6.07, 6.45) is 0. The highest BCUT2D eigenvalue weighted by atomic mass is 32.2. The number of hydrogen-bond acceptors (Lipinski definition) is 4. The number of methoxy groups -OCH3 is 1. The molecule has 2 aliphatic rings. The number of anilines is 1. The smallest absolute Gasteiger partial charge is 0.176 e. The van der Waals surface area contributed by atoms with Crippen LogP contribution in [0.2, 0.25) is 0 Å². The van der Waals surface area contributed by atoms with E-state index < -0.39 is 9.84 Å². The Balaban J connectivity index is 1.97. The molecule has 108 valence electrons. The lowest BCUT2D eigenvalue weighted by molar-refractivity contribution is 0.414. The highest BCUT2D eigenvalue weighted by molar-refractivity contribution is 7.91. The lowest BCUT2D eigenvalue weighted by atomic mass is 10.1. The molecule has 0 N–H and O–H groups in total. The van der Waals surface area contributed by atoms with E-state index >= 15 is 0 Å². The number of thiocarbonyl (C=S) groups is 1. The quantitative estimate of drug-likeness (QED) is 0.756. The Morgan fingerprint density at radius 3 is 2.40 bits per heavy atom. The molecule has 0 spiro atoms. The van der Waals surface area contributed by atoms with Crippen LogP contribution in [-0.2, 0) is 9.84 Å². The van der Waals surface area contributed by atoms with E-state index in [1.165, 1.54) is 0 Å². The summed E-state index contributed by atoms with van der Waals surface area (Å²) >= 11 is 5.46. The Morgan fingerprint density at radius 1 is 1.20 bits per heavy atom. The van der Waals surface area contributed by atoms with E-state index in [1.807, 2.05) is 41.1 Å². The molecule has 7 heteroatoms. The Bertz CT molecular complexity index is 642. The first-order chi connectivity index (χ1) is 9.43. The van der Waals surface area contributed by atoms with E-state index in [9.17, 15) is 8.42 Å². The van der Waals surface area contributed by atoms with Crippen molar-refractivity contribution in [3.63, 3.8) is 0 Å². The third-order valence-corrected chi connectivity index (χ3v) is 6.16. The van der Waals surface area contributed by atoms with Gasteiger partial charge in [0.25, 0.3) is 0 Å². The maximum absolute atomic E-state index is 11.9. The van der Waals surface area contributed by atoms with Crippen molar-refractivity contribution in [3.8, 4) is 5.75 Å². The molecule has 0 bridgehead atoms. The number of hydrogen-bond donors (Lipinski definition) is 0. The fraction of sp³-hybridized carbons (Fsp3) is 0.462. The van der Waals surface area contributed by atoms with Crippen LogP contribution in [0.15, 0.2) is 24.3 Å². The van der Waals surface area contributed by atoms with E-state index in [0.717, 1.165) is 11.4 Å². The first kappa shape index (κ1) is 13.6. The summed E-state index contributed by atoms with van der Waals surface area (Å²) in [5, 5.41) is 0.681. The maximum atomic E-state index is 11.9. The Labute approximate surface area is 124 Å². The van der Waals surface area contributed by atoms with Gasteiger partial charge in [0.15, 0.2) is 14.9 Å². The second-order valence-electron chi connectivity index (χ2n) is 5.17. The molecule has 2 aliphatic heterocycles. The highest BCUT2D eigenvalue weighted by Gasteiger charge is 2.50. The van der Waals surface area contributed by atoms with Crippen molar-refractivity contribution >= 4 is 32.9 Å². The molecule has 0 unspecified atom stereocenters. The van der Waals surface area contributed by atoms with Crippen molar-refractivity contribution < 1.29 is 13.2 Å². The third-order valence-electron chi connectivity index (χ3n) is 3.98. The molecule has 0 saturated carbocycles. The van der Waals surface area contributed by atoms with Gasteiger partial charge in [-0.25, -0.2) is 8.42 Å². The van der Waals surface area contributed by atoms with Gasteiger partial charge in [-0.3, -0.25) is 0 Å². The molecule has 5 nitrogen and oxygen atoms in total. The third kappa shape index (κ3) is 2.05. The summed E-state index contributed by atoms with van der Waals surface area (Å²) in [6.45, 7) is 0. The normalized spacial score (nSPS) is 27.8. The van der Waals surface area contributed by atoms with E-state index in [4.69, 9.17) is 17.0 Å². The molecule has 0 aliphatic carbocycles. The van der Waals surface area contributed by atoms with Gasteiger partial charge in [0.05, 0.1) is 30.7 Å². The van der Waals surface area contributed by atoms with E-state index in [2.05, 4.69) is 0 Å². The van der Waals surface area contributed by atoms with Gasteiger partial charge >= 0.3 is 0 Å². The average Bonchev–Trinajstić information content (AvgIpc) is 2.84. The lowest BCUT2D eigenvalue weighted by Gasteiger charge is -2.24. The highest BCUT2D eigenvalue weighted by Crippen LogP contribution is 2.34. The predicted molar refractivity (Wildman–Crippen MR) is 82.1 cm³/mol. The van der Waals surface area contributed by atoms with Gasteiger partial charge in [0, 0.05) is 12.7 Å². The molecule has 2 fully saturated rings. The monoisotopic (exact) mass is 312 g/mol. The summed E-state index contributed by atoms with van der Waals surface area (Å²) in [4.78, 5) is 3.85. The van der Waals surface area contributed by atoms with Gasteiger partial charge in [-0.2, -0.15) is 0 Å². The first-order valence-electron chi connectivity index (χ1n) is 6.33. The summed E-state index contributed by atoms with van der Waals surface area (Å²) in [5.74, 6) is 1.11. The van der Waals surface area contributed by atoms with Crippen molar-refractivity contribution in [3.05, 3.63) is 24.3 Å². The zero-order chi connectivity index (χ0) is 14.5. The minimum Gasteiger partial charge on any atom is -0.497 e. The first-order valence-corrected chi connectivity index (χ1v) is 8.56. The molecule has 0 radical (unpaired) electrons. The summed E-state index contributed by atoms with van der Waals surface area (Å²) < 4.78 is 28.9. The van der Waals surface area contributed by atoms with E-state index in [-0.39, 0.29) is 23.6 Å². The Morgan fingerprint density at radius 2 is 1.80 bits per heavy atom. The van der Waals surface area contributed by atoms with Gasteiger partial charge in [-0.15, -0.1) is 0 Å². The average molecular weight is 312 g/mol. The molecule has 0 aromatic heterocycles. The van der Waals surface area contributed by atoms with Crippen LogP contribution in [-0.4, -0.2) is 56.2 Å². The molecular formula is C13H16N2O3S2. The molecule has 2 saturated heterocycles. The summed E-state index contributed by atoms with van der Waals surface area (Å²) in [7, 11) is 0.496. The zero-order valence-corrected chi connectivity index (χ0v) is 12.9. The van der Waals surface area contributed by atoms with Gasteiger partial charge in [-0.05, 0) is 36.5 Å². The molecule has 1 aromatic rings. The number of likely N-dealkylation sites (N-methyl/N-ethyl adjacent to an activating group) is 1. The largest absolute Gasteiger partial charge is 0.497 e. The molecule has 2 atom stereocenters. The van der Waals surface area contributed by atoms with Gasteiger partial charge in [0.1, 0.15) is 5.75 Å². The van der Waals surface area contributed by atoms with Gasteiger partial charge in [-0.1, -0.05) is 0 Å². The maximum Gasteiger partial charge on any atom is 0.176 e. The van der Waals surface area contributed by atoms with Gasteiger partial charge in [0.2, 0.25) is 0 Å². The molecular weight excluding hydrogens is 296 g/mol. The molecule has 1 aromatic carbocycles. The van der Waals surface area contributed by atoms with E-state index in [1.54, 1.807) is 7.11 Å². The number of fused-ring (bicyclic) bond motifs is 1. The fourth-order valence-corrected chi connectivity index (χ4v) is 5.30. The van der Waals surface area contributed by atoms with Crippen LogP contribution < -0.4 is 9.64 Å². The van der Waals surface area contributed by atoms with Crippen LogP contribution in [0.1, 0.15) is 0 Å². The van der Waals surface area contributed by atoms with Crippen molar-refractivity contribution in [2.45, 2.75) is 12.1 Å². The number of nitrogens with zero attached hydrogens (tertiary/aromatic N) is 2.